The molecule has 0 saturated heterocycles. The van der Waals surface area contributed by atoms with Crippen LogP contribution in [-0.4, -0.2) is 39.6 Å². The summed E-state index contributed by atoms with van der Waals surface area (Å²) in [6.45, 7) is 2.19. The van der Waals surface area contributed by atoms with Crippen LogP contribution in [0.25, 0.3) is 10.9 Å². The number of carbonyl (C=O) groups excluding carboxylic acids is 1. The number of likely N-dealkylation sites (N-methyl/N-ethyl adjacent to an activating group) is 1. The van der Waals surface area contributed by atoms with Crippen molar-refractivity contribution in [2.75, 3.05) is 13.6 Å². The standard InChI is InChI=1S/C17H18BrN5O/c1-23-5-4-15-13(9-23)16(22-21-15)17(24)19-8-12-7-10-6-11(18)2-3-14(10)20-12/h2-3,6-7,20H,4-5,8-9H2,1H3,(H,19,24)(H,21,22). The number of aromatic amines is 2. The quantitative estimate of drug-likeness (QED) is 0.646. The van der Waals surface area contributed by atoms with E-state index < -0.39 is 0 Å². The molecule has 1 amide bonds. The summed E-state index contributed by atoms with van der Waals surface area (Å²) < 4.78 is 1.04. The fourth-order valence-corrected chi connectivity index (χ4v) is 3.51. The molecule has 124 valence electrons. The van der Waals surface area contributed by atoms with Gasteiger partial charge in [0.05, 0.1) is 6.54 Å². The molecule has 0 saturated carbocycles. The second-order valence-electron chi connectivity index (χ2n) is 6.23. The van der Waals surface area contributed by atoms with Gasteiger partial charge in [-0.25, -0.2) is 0 Å². The Hall–Kier alpha value is -2.12. The van der Waals surface area contributed by atoms with E-state index in [1.807, 2.05) is 18.2 Å². The van der Waals surface area contributed by atoms with Crippen molar-refractivity contribution in [3.8, 4) is 0 Å². The van der Waals surface area contributed by atoms with E-state index in [2.05, 4.69) is 54.4 Å². The van der Waals surface area contributed by atoms with Gasteiger partial charge in [0.15, 0.2) is 5.69 Å². The zero-order chi connectivity index (χ0) is 16.7. The van der Waals surface area contributed by atoms with Gasteiger partial charge in [-0.05, 0) is 31.3 Å². The minimum Gasteiger partial charge on any atom is -0.357 e. The number of carbonyl (C=O) groups is 1. The molecule has 4 rings (SSSR count). The van der Waals surface area contributed by atoms with Gasteiger partial charge in [-0.1, -0.05) is 15.9 Å². The molecule has 3 aromatic rings. The van der Waals surface area contributed by atoms with Crippen LogP contribution in [0, 0.1) is 0 Å². The van der Waals surface area contributed by atoms with Crippen LogP contribution >= 0.6 is 15.9 Å². The summed E-state index contributed by atoms with van der Waals surface area (Å²) in [5, 5.41) is 11.3. The first kappa shape index (κ1) is 15.4. The lowest BCUT2D eigenvalue weighted by atomic mass is 10.1. The Morgan fingerprint density at radius 2 is 2.29 bits per heavy atom. The highest BCUT2D eigenvalue weighted by Gasteiger charge is 2.23. The second kappa shape index (κ2) is 6.07. The number of amides is 1. The molecule has 3 N–H and O–H groups in total. The van der Waals surface area contributed by atoms with Gasteiger partial charge in [0.25, 0.3) is 5.91 Å². The predicted octanol–water partition coefficient (Wildman–Crippen LogP) is 2.57. The lowest BCUT2D eigenvalue weighted by Crippen LogP contribution is -2.29. The topological polar surface area (TPSA) is 76.8 Å². The van der Waals surface area contributed by atoms with Gasteiger partial charge in [0.1, 0.15) is 0 Å². The maximum Gasteiger partial charge on any atom is 0.272 e. The molecule has 0 radical (unpaired) electrons. The summed E-state index contributed by atoms with van der Waals surface area (Å²) >= 11 is 3.47. The molecule has 0 aliphatic carbocycles. The van der Waals surface area contributed by atoms with Crippen molar-refractivity contribution >= 4 is 32.7 Å². The lowest BCUT2D eigenvalue weighted by molar-refractivity contribution is 0.0943. The van der Waals surface area contributed by atoms with Crippen molar-refractivity contribution in [2.45, 2.75) is 19.5 Å². The maximum atomic E-state index is 12.5. The van der Waals surface area contributed by atoms with Crippen molar-refractivity contribution in [3.63, 3.8) is 0 Å². The molecular weight excluding hydrogens is 370 g/mol. The minimum atomic E-state index is -0.136. The summed E-state index contributed by atoms with van der Waals surface area (Å²) in [4.78, 5) is 18.0. The number of hydrogen-bond acceptors (Lipinski definition) is 3. The molecule has 3 heterocycles. The van der Waals surface area contributed by atoms with Crippen LogP contribution in [0.3, 0.4) is 0 Å². The number of H-pyrrole nitrogens is 2. The number of halogens is 1. The van der Waals surface area contributed by atoms with Gasteiger partial charge in [-0.15, -0.1) is 0 Å². The third kappa shape index (κ3) is 2.85. The van der Waals surface area contributed by atoms with Gasteiger partial charge >= 0.3 is 0 Å². The number of nitrogens with zero attached hydrogens (tertiary/aromatic N) is 2. The third-order valence-electron chi connectivity index (χ3n) is 4.42. The highest BCUT2D eigenvalue weighted by molar-refractivity contribution is 9.10. The first-order valence-electron chi connectivity index (χ1n) is 7.90. The van der Waals surface area contributed by atoms with Gasteiger partial charge in [-0.2, -0.15) is 5.10 Å². The Kier molecular flexibility index (Phi) is 3.90. The SMILES string of the molecule is CN1CCc2[nH]nc(C(=O)NCc3cc4cc(Br)ccc4[nH]3)c2C1. The molecular formula is C17H18BrN5O. The first-order valence-corrected chi connectivity index (χ1v) is 8.69. The molecule has 0 unspecified atom stereocenters. The van der Waals surface area contributed by atoms with Gasteiger partial charge < -0.3 is 15.2 Å². The van der Waals surface area contributed by atoms with Crippen molar-refractivity contribution in [2.24, 2.45) is 0 Å². The summed E-state index contributed by atoms with van der Waals surface area (Å²) in [5.74, 6) is -0.136. The van der Waals surface area contributed by atoms with Gasteiger partial charge in [0, 0.05) is 51.8 Å². The van der Waals surface area contributed by atoms with Gasteiger partial charge in [0.2, 0.25) is 0 Å². The monoisotopic (exact) mass is 387 g/mol. The Morgan fingerprint density at radius 3 is 3.17 bits per heavy atom. The molecule has 0 spiro atoms. The fourth-order valence-electron chi connectivity index (χ4n) is 3.14. The number of aromatic nitrogens is 3. The van der Waals surface area contributed by atoms with Crippen LogP contribution in [-0.2, 0) is 19.5 Å². The summed E-state index contributed by atoms with van der Waals surface area (Å²) in [6.07, 6.45) is 0.906. The Labute approximate surface area is 147 Å². The molecule has 1 aliphatic rings. The summed E-state index contributed by atoms with van der Waals surface area (Å²) in [6, 6.07) is 8.11. The number of benzene rings is 1. The molecule has 6 nitrogen and oxygen atoms in total. The van der Waals surface area contributed by atoms with Crippen molar-refractivity contribution in [1.29, 1.82) is 0 Å². The average Bonchev–Trinajstić information content (AvgIpc) is 3.15. The van der Waals surface area contributed by atoms with Crippen LogP contribution < -0.4 is 5.32 Å². The van der Waals surface area contributed by atoms with E-state index in [9.17, 15) is 4.79 Å². The summed E-state index contributed by atoms with van der Waals surface area (Å²) in [5.41, 5.74) is 4.63. The average molecular weight is 388 g/mol. The van der Waals surface area contributed by atoms with Crippen LogP contribution in [0.5, 0.6) is 0 Å². The van der Waals surface area contributed by atoms with E-state index in [4.69, 9.17) is 0 Å². The third-order valence-corrected chi connectivity index (χ3v) is 4.91. The maximum absolute atomic E-state index is 12.5. The van der Waals surface area contributed by atoms with E-state index in [1.165, 1.54) is 0 Å². The van der Waals surface area contributed by atoms with Crippen molar-refractivity contribution in [1.82, 2.24) is 25.4 Å². The lowest BCUT2D eigenvalue weighted by Gasteiger charge is -2.22. The molecule has 2 aromatic heterocycles. The zero-order valence-electron chi connectivity index (χ0n) is 13.3. The molecule has 0 bridgehead atoms. The molecule has 1 aliphatic heterocycles. The number of fused-ring (bicyclic) bond motifs is 2. The van der Waals surface area contributed by atoms with E-state index in [1.54, 1.807) is 0 Å². The van der Waals surface area contributed by atoms with Crippen molar-refractivity contribution in [3.05, 3.63) is 51.4 Å². The van der Waals surface area contributed by atoms with Crippen molar-refractivity contribution < 1.29 is 4.79 Å². The first-order chi connectivity index (χ1) is 11.6. The Bertz CT molecular complexity index is 913. The smallest absolute Gasteiger partial charge is 0.272 e. The normalized spacial score (nSPS) is 14.8. The van der Waals surface area contributed by atoms with Crippen LogP contribution in [0.15, 0.2) is 28.7 Å². The number of nitrogens with one attached hydrogen (secondary N) is 3. The minimum absolute atomic E-state index is 0.136. The highest BCUT2D eigenvalue weighted by Crippen LogP contribution is 2.21. The van der Waals surface area contributed by atoms with E-state index in [0.717, 1.165) is 51.8 Å². The fraction of sp³-hybridized carbons (Fsp3) is 0.294. The molecule has 1 aromatic carbocycles. The van der Waals surface area contributed by atoms with Crippen LogP contribution in [0.2, 0.25) is 0 Å². The van der Waals surface area contributed by atoms with E-state index in [0.29, 0.717) is 12.2 Å². The van der Waals surface area contributed by atoms with E-state index in [-0.39, 0.29) is 5.91 Å². The number of hydrogen-bond donors (Lipinski definition) is 3. The zero-order valence-corrected chi connectivity index (χ0v) is 14.9. The molecule has 24 heavy (non-hydrogen) atoms. The molecule has 7 heteroatoms. The Morgan fingerprint density at radius 1 is 1.42 bits per heavy atom. The van der Waals surface area contributed by atoms with Gasteiger partial charge in [-0.3, -0.25) is 9.89 Å². The second-order valence-corrected chi connectivity index (χ2v) is 7.14. The predicted molar refractivity (Wildman–Crippen MR) is 95.8 cm³/mol. The molecule has 0 atom stereocenters. The molecule has 0 fully saturated rings. The van der Waals surface area contributed by atoms with Crippen LogP contribution in [0.4, 0.5) is 0 Å². The van der Waals surface area contributed by atoms with Crippen LogP contribution in [0.1, 0.15) is 27.4 Å². The number of rotatable bonds is 3. The van der Waals surface area contributed by atoms with E-state index >= 15 is 0 Å². The highest BCUT2D eigenvalue weighted by atomic mass is 79.9. The summed E-state index contributed by atoms with van der Waals surface area (Å²) in [7, 11) is 2.06. The Balaban J connectivity index is 1.49. The largest absolute Gasteiger partial charge is 0.357 e.